The van der Waals surface area contributed by atoms with Crippen LogP contribution in [0.15, 0.2) is 73.4 Å². The zero-order chi connectivity index (χ0) is 24.4. The largest absolute Gasteiger partial charge is 0.319 e. The number of H-pyrrole nitrogens is 1. The van der Waals surface area contributed by atoms with Crippen LogP contribution in [0.25, 0.3) is 33.3 Å². The van der Waals surface area contributed by atoms with Crippen molar-refractivity contribution in [2.45, 2.75) is 6.54 Å². The third-order valence-electron chi connectivity index (χ3n) is 5.43. The molecule has 0 saturated heterocycles. The first kappa shape index (κ1) is 22.3. The predicted molar refractivity (Wildman–Crippen MR) is 132 cm³/mol. The number of amides is 1. The van der Waals surface area contributed by atoms with Gasteiger partial charge in [-0.2, -0.15) is 5.10 Å². The molecular formula is C26H22FN7O. The summed E-state index contributed by atoms with van der Waals surface area (Å²) in [6.07, 6.45) is 7.84. The SMILES string of the molecule is CN(C)Cc1cncc(-c2ccc3[nH]nc(C(=O)Nc4ccc(-c5cncc(F)c5)nc4)c3c2)c1. The Morgan fingerprint density at radius 2 is 1.77 bits per heavy atom. The summed E-state index contributed by atoms with van der Waals surface area (Å²) in [4.78, 5) is 27.6. The number of hydrogen-bond donors (Lipinski definition) is 2. The summed E-state index contributed by atoms with van der Waals surface area (Å²) in [5, 5.41) is 10.7. The summed E-state index contributed by atoms with van der Waals surface area (Å²) in [5.41, 5.74) is 5.63. The Kier molecular flexibility index (Phi) is 5.99. The molecule has 35 heavy (non-hydrogen) atoms. The van der Waals surface area contributed by atoms with Crippen LogP contribution in [0, 0.1) is 5.82 Å². The Hall–Kier alpha value is -4.50. The summed E-state index contributed by atoms with van der Waals surface area (Å²) in [5.74, 6) is -0.804. The standard InChI is InChI=1S/C26H22FN7O/c1-34(2)15-16-7-18(11-28-10-16)17-3-5-24-22(9-17)25(33-32-24)26(35)31-21-4-6-23(30-14-21)19-8-20(27)13-29-12-19/h3-14H,15H2,1-2H3,(H,31,35)(H,32,33). The van der Waals surface area contributed by atoms with E-state index in [1.807, 2.05) is 44.7 Å². The third-order valence-corrected chi connectivity index (χ3v) is 5.43. The lowest BCUT2D eigenvalue weighted by Gasteiger charge is -2.10. The second-order valence-electron chi connectivity index (χ2n) is 8.43. The molecule has 0 unspecified atom stereocenters. The number of carbonyl (C=O) groups is 1. The Labute approximate surface area is 200 Å². The quantitative estimate of drug-likeness (QED) is 0.381. The Morgan fingerprint density at radius 3 is 2.54 bits per heavy atom. The number of anilines is 1. The molecular weight excluding hydrogens is 445 g/mol. The number of nitrogens with zero attached hydrogens (tertiary/aromatic N) is 5. The number of benzene rings is 1. The highest BCUT2D eigenvalue weighted by Gasteiger charge is 2.16. The Bertz CT molecular complexity index is 1510. The first-order valence-electron chi connectivity index (χ1n) is 10.9. The monoisotopic (exact) mass is 467 g/mol. The molecule has 0 fully saturated rings. The summed E-state index contributed by atoms with van der Waals surface area (Å²) < 4.78 is 13.4. The van der Waals surface area contributed by atoms with Crippen LogP contribution in [-0.2, 0) is 6.54 Å². The van der Waals surface area contributed by atoms with E-state index in [1.165, 1.54) is 18.5 Å². The average molecular weight is 468 g/mol. The molecule has 8 nitrogen and oxygen atoms in total. The maximum Gasteiger partial charge on any atom is 0.276 e. The minimum Gasteiger partial charge on any atom is -0.319 e. The Morgan fingerprint density at radius 1 is 0.943 bits per heavy atom. The molecule has 0 saturated carbocycles. The smallest absolute Gasteiger partial charge is 0.276 e. The second kappa shape index (κ2) is 9.40. The summed E-state index contributed by atoms with van der Waals surface area (Å²) in [6.45, 7) is 0.783. The van der Waals surface area contributed by atoms with Crippen molar-refractivity contribution in [1.82, 2.24) is 30.0 Å². The molecule has 0 bridgehead atoms. The van der Waals surface area contributed by atoms with Gasteiger partial charge in [-0.1, -0.05) is 6.07 Å². The van der Waals surface area contributed by atoms with Crippen molar-refractivity contribution in [3.05, 3.63) is 90.5 Å². The van der Waals surface area contributed by atoms with Gasteiger partial charge in [0.05, 0.1) is 29.3 Å². The normalized spacial score (nSPS) is 11.2. The van der Waals surface area contributed by atoms with Gasteiger partial charge in [-0.05, 0) is 61.6 Å². The van der Waals surface area contributed by atoms with Crippen LogP contribution in [0.4, 0.5) is 10.1 Å². The number of rotatable bonds is 6. The van der Waals surface area contributed by atoms with Crippen molar-refractivity contribution in [2.75, 3.05) is 19.4 Å². The van der Waals surface area contributed by atoms with Crippen LogP contribution in [0.5, 0.6) is 0 Å². The number of nitrogens with one attached hydrogen (secondary N) is 2. The van der Waals surface area contributed by atoms with Crippen molar-refractivity contribution in [3.8, 4) is 22.4 Å². The Balaban J connectivity index is 1.39. The van der Waals surface area contributed by atoms with E-state index < -0.39 is 5.82 Å². The molecule has 0 radical (unpaired) electrons. The summed E-state index contributed by atoms with van der Waals surface area (Å²) >= 11 is 0. The van der Waals surface area contributed by atoms with E-state index in [1.54, 1.807) is 12.1 Å². The molecule has 0 aliphatic carbocycles. The van der Waals surface area contributed by atoms with Crippen molar-refractivity contribution in [2.24, 2.45) is 0 Å². The van der Waals surface area contributed by atoms with Crippen LogP contribution < -0.4 is 5.32 Å². The number of pyridine rings is 3. The van der Waals surface area contributed by atoms with Crippen LogP contribution in [0.3, 0.4) is 0 Å². The van der Waals surface area contributed by atoms with Crippen molar-refractivity contribution in [3.63, 3.8) is 0 Å². The van der Waals surface area contributed by atoms with Gasteiger partial charge in [0, 0.05) is 41.6 Å². The molecule has 174 valence electrons. The number of hydrogen-bond acceptors (Lipinski definition) is 6. The van der Waals surface area contributed by atoms with Crippen molar-refractivity contribution >= 4 is 22.5 Å². The van der Waals surface area contributed by atoms with Gasteiger partial charge in [-0.3, -0.25) is 24.8 Å². The molecule has 0 spiro atoms. The van der Waals surface area contributed by atoms with E-state index in [4.69, 9.17) is 0 Å². The van der Waals surface area contributed by atoms with E-state index >= 15 is 0 Å². The van der Waals surface area contributed by atoms with Gasteiger partial charge in [0.15, 0.2) is 5.69 Å². The van der Waals surface area contributed by atoms with E-state index in [0.29, 0.717) is 22.3 Å². The number of aromatic amines is 1. The molecule has 1 amide bonds. The molecule has 0 atom stereocenters. The fraction of sp³-hybridized carbons (Fsp3) is 0.115. The average Bonchev–Trinajstić information content (AvgIpc) is 3.28. The highest BCUT2D eigenvalue weighted by molar-refractivity contribution is 6.11. The maximum atomic E-state index is 13.4. The third kappa shape index (κ3) is 4.90. The predicted octanol–water partition coefficient (Wildman–Crippen LogP) is 4.53. The van der Waals surface area contributed by atoms with E-state index in [2.05, 4.69) is 41.4 Å². The van der Waals surface area contributed by atoms with Gasteiger partial charge in [0.2, 0.25) is 0 Å². The lowest BCUT2D eigenvalue weighted by molar-refractivity contribution is 0.102. The van der Waals surface area contributed by atoms with Gasteiger partial charge < -0.3 is 10.2 Å². The van der Waals surface area contributed by atoms with Gasteiger partial charge in [0.25, 0.3) is 5.91 Å². The van der Waals surface area contributed by atoms with Gasteiger partial charge in [-0.25, -0.2) is 4.39 Å². The summed E-state index contributed by atoms with van der Waals surface area (Å²) in [6, 6.07) is 12.7. The molecule has 4 aromatic heterocycles. The fourth-order valence-electron chi connectivity index (χ4n) is 3.84. The van der Waals surface area contributed by atoms with Crippen LogP contribution in [0.2, 0.25) is 0 Å². The second-order valence-corrected chi connectivity index (χ2v) is 8.43. The topological polar surface area (TPSA) is 99.7 Å². The molecule has 2 N–H and O–H groups in total. The lowest BCUT2D eigenvalue weighted by atomic mass is 10.0. The van der Waals surface area contributed by atoms with E-state index in [-0.39, 0.29) is 11.6 Å². The molecule has 9 heteroatoms. The number of fused-ring (bicyclic) bond motifs is 1. The van der Waals surface area contributed by atoms with Crippen LogP contribution >= 0.6 is 0 Å². The molecule has 1 aromatic carbocycles. The minimum atomic E-state index is -0.438. The molecule has 0 aliphatic rings. The first-order chi connectivity index (χ1) is 17.0. The summed E-state index contributed by atoms with van der Waals surface area (Å²) in [7, 11) is 4.02. The van der Waals surface area contributed by atoms with Gasteiger partial charge >= 0.3 is 0 Å². The van der Waals surface area contributed by atoms with Crippen molar-refractivity contribution in [1.29, 1.82) is 0 Å². The maximum absolute atomic E-state index is 13.4. The highest BCUT2D eigenvalue weighted by atomic mass is 19.1. The van der Waals surface area contributed by atoms with Crippen LogP contribution in [-0.4, -0.2) is 50.1 Å². The van der Waals surface area contributed by atoms with Gasteiger partial charge in [0.1, 0.15) is 5.82 Å². The van der Waals surface area contributed by atoms with Gasteiger partial charge in [-0.15, -0.1) is 0 Å². The zero-order valence-corrected chi connectivity index (χ0v) is 19.2. The zero-order valence-electron chi connectivity index (χ0n) is 19.2. The molecule has 0 aliphatic heterocycles. The fourth-order valence-corrected chi connectivity index (χ4v) is 3.84. The number of aromatic nitrogens is 5. The first-order valence-corrected chi connectivity index (χ1v) is 10.9. The van der Waals surface area contributed by atoms with Crippen LogP contribution in [0.1, 0.15) is 16.1 Å². The number of carbonyl (C=O) groups excluding carboxylic acids is 1. The highest BCUT2D eigenvalue weighted by Crippen LogP contribution is 2.26. The van der Waals surface area contributed by atoms with Crippen molar-refractivity contribution < 1.29 is 9.18 Å². The molecule has 5 aromatic rings. The van der Waals surface area contributed by atoms with E-state index in [0.717, 1.165) is 34.9 Å². The number of halogens is 1. The van der Waals surface area contributed by atoms with E-state index in [9.17, 15) is 9.18 Å². The lowest BCUT2D eigenvalue weighted by Crippen LogP contribution is -2.13. The molecule has 4 heterocycles. The minimum absolute atomic E-state index is 0.276. The molecule has 5 rings (SSSR count).